The van der Waals surface area contributed by atoms with Crippen LogP contribution in [0.5, 0.6) is 17.2 Å². The third-order valence-corrected chi connectivity index (χ3v) is 6.51. The topological polar surface area (TPSA) is 90.3 Å². The summed E-state index contributed by atoms with van der Waals surface area (Å²) in [4.78, 5) is 6.17. The van der Waals surface area contributed by atoms with Gasteiger partial charge in [0.25, 0.3) is 0 Å². The molecule has 4 aromatic rings. The lowest BCUT2D eigenvalue weighted by Gasteiger charge is -2.04. The molecule has 0 radical (unpaired) electrons. The van der Waals surface area contributed by atoms with Gasteiger partial charge in [0.1, 0.15) is 0 Å². The van der Waals surface area contributed by atoms with Crippen LogP contribution in [0.1, 0.15) is 5.56 Å². The molecule has 0 aliphatic heterocycles. The van der Waals surface area contributed by atoms with Gasteiger partial charge in [-0.25, -0.2) is 9.67 Å². The van der Waals surface area contributed by atoms with E-state index in [4.69, 9.17) is 23.2 Å². The van der Waals surface area contributed by atoms with E-state index in [9.17, 15) is 15.3 Å². The summed E-state index contributed by atoms with van der Waals surface area (Å²) in [7, 11) is 0. The highest BCUT2D eigenvalue weighted by Crippen LogP contribution is 2.36. The van der Waals surface area contributed by atoms with Gasteiger partial charge in [-0.3, -0.25) is 0 Å². The molecule has 0 aliphatic carbocycles. The van der Waals surface area contributed by atoms with Crippen LogP contribution in [0.3, 0.4) is 0 Å². The number of nitrogens with zero attached hydrogens (tertiary/aromatic N) is 3. The predicted octanol–water partition coefficient (Wildman–Crippen LogP) is 5.82. The van der Waals surface area contributed by atoms with Crippen molar-refractivity contribution in [2.75, 3.05) is 0 Å². The number of thiazole rings is 1. The van der Waals surface area contributed by atoms with Crippen LogP contribution in [-0.2, 0) is 0 Å². The molecule has 0 saturated carbocycles. The summed E-state index contributed by atoms with van der Waals surface area (Å²) in [5.41, 5.74) is 1.66. The first kappa shape index (κ1) is 20.5. The van der Waals surface area contributed by atoms with Gasteiger partial charge in [0.2, 0.25) is 10.6 Å². The zero-order valence-electron chi connectivity index (χ0n) is 15.0. The van der Waals surface area contributed by atoms with Crippen LogP contribution in [-0.4, -0.2) is 26.2 Å². The Kier molecular flexibility index (Phi) is 5.83. The van der Waals surface area contributed by atoms with E-state index in [0.29, 0.717) is 20.5 Å². The summed E-state index contributed by atoms with van der Waals surface area (Å²) in [5.74, 6) is -1.48. The lowest BCUT2D eigenvalue weighted by atomic mass is 10.2. The van der Waals surface area contributed by atoms with Crippen molar-refractivity contribution in [1.82, 2.24) is 4.68 Å². The van der Waals surface area contributed by atoms with Crippen LogP contribution >= 0.6 is 45.9 Å². The monoisotopic (exact) mass is 477 g/mol. The van der Waals surface area contributed by atoms with Crippen LogP contribution in [0, 0.1) is 0 Å². The van der Waals surface area contributed by atoms with Gasteiger partial charge in [-0.15, -0.1) is 22.7 Å². The number of benzene rings is 2. The molecule has 0 fully saturated rings. The number of thiophene rings is 1. The zero-order valence-corrected chi connectivity index (χ0v) is 18.2. The molecule has 2 aromatic carbocycles. The molecule has 4 rings (SSSR count). The highest BCUT2D eigenvalue weighted by Gasteiger charge is 2.12. The van der Waals surface area contributed by atoms with Crippen LogP contribution in [0.25, 0.3) is 10.6 Å². The summed E-state index contributed by atoms with van der Waals surface area (Å²) >= 11 is 15.0. The number of phenolic OH excluding ortho intramolecular Hbond substituents is 3. The van der Waals surface area contributed by atoms with Crippen molar-refractivity contribution >= 4 is 57.8 Å². The Hall–Kier alpha value is -2.78. The minimum atomic E-state index is -0.603. The second-order valence-electron chi connectivity index (χ2n) is 6.02. The number of halogens is 2. The lowest BCUT2D eigenvalue weighted by molar-refractivity contribution is 0.367. The van der Waals surface area contributed by atoms with Crippen molar-refractivity contribution in [3.05, 3.63) is 73.6 Å². The third kappa shape index (κ3) is 4.08. The summed E-state index contributed by atoms with van der Waals surface area (Å²) in [5, 5.41) is 38.5. The van der Waals surface area contributed by atoms with Crippen molar-refractivity contribution in [2.45, 2.75) is 0 Å². The molecule has 0 unspecified atom stereocenters. The van der Waals surface area contributed by atoms with Crippen LogP contribution in [0.4, 0.5) is 5.69 Å². The molecular weight excluding hydrogens is 465 g/mol. The molecule has 30 heavy (non-hydrogen) atoms. The molecule has 0 bridgehead atoms. The third-order valence-electron chi connectivity index (χ3n) is 4.06. The van der Waals surface area contributed by atoms with E-state index in [-0.39, 0.29) is 5.56 Å². The minimum absolute atomic E-state index is 0.238. The smallest absolute Gasteiger partial charge is 0.211 e. The van der Waals surface area contributed by atoms with Gasteiger partial charge < -0.3 is 15.3 Å². The van der Waals surface area contributed by atoms with Gasteiger partial charge in [0.05, 0.1) is 32.5 Å². The maximum absolute atomic E-state index is 10.1. The number of phenols is 3. The molecular formula is C20H13Cl2N3O3S2. The maximum atomic E-state index is 10.1. The Labute approximate surface area is 188 Å². The Morgan fingerprint density at radius 1 is 0.933 bits per heavy atom. The number of aromatic nitrogens is 1. The first-order chi connectivity index (χ1) is 14.4. The van der Waals surface area contributed by atoms with Gasteiger partial charge >= 0.3 is 0 Å². The minimum Gasteiger partial charge on any atom is -0.504 e. The number of hydrogen-bond donors (Lipinski definition) is 3. The fraction of sp³-hybridized carbons (Fsp3) is 0. The first-order valence-corrected chi connectivity index (χ1v) is 11.0. The van der Waals surface area contributed by atoms with Gasteiger partial charge in [-0.2, -0.15) is 5.10 Å². The van der Waals surface area contributed by atoms with Crippen LogP contribution in [0.15, 0.2) is 63.3 Å². The molecule has 0 atom stereocenters. The molecule has 2 aromatic heterocycles. The van der Waals surface area contributed by atoms with E-state index in [1.165, 1.54) is 29.7 Å². The Morgan fingerprint density at radius 3 is 2.50 bits per heavy atom. The fourth-order valence-corrected chi connectivity index (χ4v) is 4.50. The van der Waals surface area contributed by atoms with E-state index < -0.39 is 17.2 Å². The van der Waals surface area contributed by atoms with E-state index in [1.807, 2.05) is 22.9 Å². The molecule has 0 saturated heterocycles. The summed E-state index contributed by atoms with van der Waals surface area (Å²) in [6, 6.07) is 11.7. The molecule has 0 aliphatic rings. The molecule has 2 heterocycles. The highest BCUT2D eigenvalue weighted by molar-refractivity contribution is 7.14. The van der Waals surface area contributed by atoms with Crippen molar-refractivity contribution in [3.63, 3.8) is 0 Å². The van der Waals surface area contributed by atoms with E-state index in [2.05, 4.69) is 10.1 Å². The Bertz CT molecular complexity index is 1310. The number of hydrogen-bond acceptors (Lipinski definition) is 7. The summed E-state index contributed by atoms with van der Waals surface area (Å²) in [6.45, 7) is 0. The molecule has 0 spiro atoms. The zero-order chi connectivity index (χ0) is 21.3. The number of aromatic hydroxyl groups is 3. The second kappa shape index (κ2) is 8.53. The molecule has 10 heteroatoms. The number of rotatable bonds is 4. The lowest BCUT2D eigenvalue weighted by Crippen LogP contribution is -2.11. The molecule has 0 amide bonds. The first-order valence-electron chi connectivity index (χ1n) is 8.46. The van der Waals surface area contributed by atoms with Gasteiger partial charge in [0.15, 0.2) is 11.5 Å². The predicted molar refractivity (Wildman–Crippen MR) is 122 cm³/mol. The quantitative estimate of drug-likeness (QED) is 0.255. The molecule has 3 N–H and O–H groups in total. The maximum Gasteiger partial charge on any atom is 0.211 e. The van der Waals surface area contributed by atoms with Crippen molar-refractivity contribution in [1.29, 1.82) is 0 Å². The average Bonchev–Trinajstić information content (AvgIpc) is 3.38. The van der Waals surface area contributed by atoms with E-state index in [0.717, 1.165) is 10.6 Å². The van der Waals surface area contributed by atoms with Crippen molar-refractivity contribution in [3.8, 4) is 27.8 Å². The van der Waals surface area contributed by atoms with Crippen LogP contribution < -0.4 is 4.80 Å². The summed E-state index contributed by atoms with van der Waals surface area (Å²) < 4.78 is 1.63. The van der Waals surface area contributed by atoms with Gasteiger partial charge in [0, 0.05) is 10.9 Å². The Morgan fingerprint density at radius 2 is 1.77 bits per heavy atom. The fourth-order valence-electron chi connectivity index (χ4n) is 2.56. The van der Waals surface area contributed by atoms with Crippen LogP contribution in [0.2, 0.25) is 10.0 Å². The molecule has 6 nitrogen and oxygen atoms in total. The highest BCUT2D eigenvalue weighted by atomic mass is 35.5. The SMILES string of the molecule is Oc1ccc(C=Nn2c(-c3cccs3)csc2=Nc2ccc(Cl)c(Cl)c2)c(O)c1O. The second-order valence-corrected chi connectivity index (χ2v) is 8.62. The standard InChI is InChI=1S/C20H13Cl2N3O3S2/c21-13-5-4-12(8-14(13)22)24-20-25(15(10-30-20)17-2-1-7-29-17)23-9-11-3-6-16(26)19(28)18(11)27/h1-10,26-28H. The van der Waals surface area contributed by atoms with Gasteiger partial charge in [-0.05, 0) is 41.8 Å². The Balaban J connectivity index is 1.84. The van der Waals surface area contributed by atoms with E-state index >= 15 is 0 Å². The van der Waals surface area contributed by atoms with Crippen molar-refractivity contribution < 1.29 is 15.3 Å². The average molecular weight is 478 g/mol. The largest absolute Gasteiger partial charge is 0.504 e. The van der Waals surface area contributed by atoms with Gasteiger partial charge in [-0.1, -0.05) is 29.3 Å². The summed E-state index contributed by atoms with van der Waals surface area (Å²) in [6.07, 6.45) is 1.38. The molecule has 152 valence electrons. The van der Waals surface area contributed by atoms with E-state index in [1.54, 1.807) is 34.2 Å². The van der Waals surface area contributed by atoms with Crippen molar-refractivity contribution in [2.24, 2.45) is 10.1 Å². The normalized spacial score (nSPS) is 12.1.